The third kappa shape index (κ3) is 1.15. The molecule has 0 amide bonds. The molecule has 0 N–H and O–H groups in total. The van der Waals surface area contributed by atoms with Crippen molar-refractivity contribution in [2.24, 2.45) is 11.8 Å². The van der Waals surface area contributed by atoms with Crippen LogP contribution in [-0.2, 0) is 0 Å². The fraction of sp³-hybridized carbons (Fsp3) is 0.700. The van der Waals surface area contributed by atoms with Crippen molar-refractivity contribution in [2.75, 3.05) is 19.6 Å². The van der Waals surface area contributed by atoms with Crippen LogP contribution in [0.25, 0.3) is 0 Å². The van der Waals surface area contributed by atoms with Gasteiger partial charge in [0, 0.05) is 18.7 Å². The van der Waals surface area contributed by atoms with Crippen LogP contribution < -0.4 is 0 Å². The Bertz CT molecular complexity index is 249. The lowest BCUT2D eigenvalue weighted by Crippen LogP contribution is -2.20. The molecule has 1 aliphatic heterocycles. The molecule has 0 bridgehead atoms. The fourth-order valence-corrected chi connectivity index (χ4v) is 2.34. The average molecular weight is 162 g/mol. The first-order valence-electron chi connectivity index (χ1n) is 4.66. The smallest absolute Gasteiger partial charge is 0.0943 e. The van der Waals surface area contributed by atoms with Crippen LogP contribution in [0.4, 0.5) is 0 Å². The zero-order valence-corrected chi connectivity index (χ0v) is 7.45. The van der Waals surface area contributed by atoms with Crippen molar-refractivity contribution in [3.05, 3.63) is 11.6 Å². The highest BCUT2D eigenvalue weighted by atomic mass is 15.1. The van der Waals surface area contributed by atoms with Gasteiger partial charge < -0.3 is 4.90 Å². The van der Waals surface area contributed by atoms with Crippen molar-refractivity contribution in [3.63, 3.8) is 0 Å². The first-order chi connectivity index (χ1) is 5.83. The molecular formula is C10H14N2. The zero-order valence-electron chi connectivity index (χ0n) is 7.45. The molecule has 2 heteroatoms. The standard InChI is InChI=1S/C10H14N2/c1-2-12-6-9-3-8(5-11)4-10(9)7-12/h3,9-10H,2,4,6-7H2,1H3. The predicted octanol–water partition coefficient (Wildman–Crippen LogP) is 1.41. The van der Waals surface area contributed by atoms with Crippen LogP contribution in [0.5, 0.6) is 0 Å². The number of nitrogens with zero attached hydrogens (tertiary/aromatic N) is 2. The molecule has 2 unspecified atom stereocenters. The van der Waals surface area contributed by atoms with Gasteiger partial charge in [-0.25, -0.2) is 0 Å². The molecule has 1 fully saturated rings. The minimum Gasteiger partial charge on any atom is -0.303 e. The van der Waals surface area contributed by atoms with E-state index in [1.54, 1.807) is 0 Å². The molecule has 2 aliphatic rings. The minimum atomic E-state index is 0.680. The summed E-state index contributed by atoms with van der Waals surface area (Å²) in [6.07, 6.45) is 3.21. The van der Waals surface area contributed by atoms with Crippen LogP contribution in [-0.4, -0.2) is 24.5 Å². The Kier molecular flexibility index (Phi) is 1.90. The Morgan fingerprint density at radius 3 is 3.08 bits per heavy atom. The Hall–Kier alpha value is -0.810. The molecule has 2 rings (SSSR count). The molecule has 0 aromatic heterocycles. The van der Waals surface area contributed by atoms with Crippen molar-refractivity contribution >= 4 is 0 Å². The first-order valence-corrected chi connectivity index (χ1v) is 4.66. The van der Waals surface area contributed by atoms with E-state index in [1.165, 1.54) is 13.1 Å². The predicted molar refractivity (Wildman–Crippen MR) is 47.4 cm³/mol. The van der Waals surface area contributed by atoms with Gasteiger partial charge in [-0.1, -0.05) is 13.0 Å². The van der Waals surface area contributed by atoms with E-state index in [9.17, 15) is 0 Å². The largest absolute Gasteiger partial charge is 0.303 e. The summed E-state index contributed by atoms with van der Waals surface area (Å²) in [6.45, 7) is 5.73. The third-order valence-electron chi connectivity index (χ3n) is 3.06. The van der Waals surface area contributed by atoms with Gasteiger partial charge in [0.25, 0.3) is 0 Å². The zero-order chi connectivity index (χ0) is 8.55. The topological polar surface area (TPSA) is 27.0 Å². The Morgan fingerprint density at radius 2 is 2.50 bits per heavy atom. The van der Waals surface area contributed by atoms with Crippen molar-refractivity contribution in [2.45, 2.75) is 13.3 Å². The summed E-state index contributed by atoms with van der Waals surface area (Å²) in [5.41, 5.74) is 1.01. The molecule has 12 heavy (non-hydrogen) atoms. The van der Waals surface area contributed by atoms with Gasteiger partial charge in [0.2, 0.25) is 0 Å². The van der Waals surface area contributed by atoms with E-state index in [0.29, 0.717) is 5.92 Å². The fourth-order valence-electron chi connectivity index (χ4n) is 2.34. The van der Waals surface area contributed by atoms with Crippen LogP contribution >= 0.6 is 0 Å². The maximum absolute atomic E-state index is 8.71. The van der Waals surface area contributed by atoms with Crippen LogP contribution in [0.15, 0.2) is 11.6 Å². The van der Waals surface area contributed by atoms with Gasteiger partial charge >= 0.3 is 0 Å². The van der Waals surface area contributed by atoms with Crippen LogP contribution in [0, 0.1) is 23.2 Å². The number of nitriles is 1. The lowest BCUT2D eigenvalue weighted by Gasteiger charge is -2.11. The second-order valence-corrected chi connectivity index (χ2v) is 3.78. The van der Waals surface area contributed by atoms with E-state index in [1.807, 2.05) is 0 Å². The number of allylic oxidation sites excluding steroid dienone is 1. The van der Waals surface area contributed by atoms with E-state index < -0.39 is 0 Å². The van der Waals surface area contributed by atoms with E-state index >= 15 is 0 Å². The molecule has 1 saturated heterocycles. The molecule has 2 atom stereocenters. The van der Waals surface area contributed by atoms with Gasteiger partial charge in [0.05, 0.1) is 6.07 Å². The number of likely N-dealkylation sites (tertiary alicyclic amines) is 1. The Balaban J connectivity index is 2.04. The van der Waals surface area contributed by atoms with Crippen LogP contribution in [0.2, 0.25) is 0 Å². The van der Waals surface area contributed by atoms with E-state index in [2.05, 4.69) is 24.0 Å². The molecule has 2 nitrogen and oxygen atoms in total. The molecule has 0 aromatic carbocycles. The second-order valence-electron chi connectivity index (χ2n) is 3.78. The Labute approximate surface area is 73.5 Å². The van der Waals surface area contributed by atoms with Gasteiger partial charge in [-0.05, 0) is 24.8 Å². The second kappa shape index (κ2) is 2.91. The molecular weight excluding hydrogens is 148 g/mol. The number of fused-ring (bicyclic) bond motifs is 1. The van der Waals surface area contributed by atoms with Crippen molar-refractivity contribution in [3.8, 4) is 6.07 Å². The third-order valence-corrected chi connectivity index (χ3v) is 3.06. The highest BCUT2D eigenvalue weighted by Gasteiger charge is 2.35. The summed E-state index contributed by atoms with van der Waals surface area (Å²) in [7, 11) is 0. The summed E-state index contributed by atoms with van der Waals surface area (Å²) < 4.78 is 0. The molecule has 0 aromatic rings. The van der Waals surface area contributed by atoms with Gasteiger partial charge in [-0.2, -0.15) is 5.26 Å². The van der Waals surface area contributed by atoms with Gasteiger partial charge in [0.1, 0.15) is 0 Å². The quantitative estimate of drug-likeness (QED) is 0.583. The number of hydrogen-bond acceptors (Lipinski definition) is 2. The normalized spacial score (nSPS) is 34.5. The van der Waals surface area contributed by atoms with Crippen molar-refractivity contribution in [1.82, 2.24) is 4.90 Å². The Morgan fingerprint density at radius 1 is 1.67 bits per heavy atom. The van der Waals surface area contributed by atoms with Crippen molar-refractivity contribution in [1.29, 1.82) is 5.26 Å². The minimum absolute atomic E-state index is 0.680. The van der Waals surface area contributed by atoms with Gasteiger partial charge in [-0.15, -0.1) is 0 Å². The van der Waals surface area contributed by atoms with Gasteiger partial charge in [-0.3, -0.25) is 0 Å². The lowest BCUT2D eigenvalue weighted by molar-refractivity contribution is 0.339. The molecule has 0 spiro atoms. The maximum Gasteiger partial charge on any atom is 0.0943 e. The maximum atomic E-state index is 8.71. The van der Waals surface area contributed by atoms with E-state index in [-0.39, 0.29) is 0 Å². The molecule has 0 saturated carbocycles. The first kappa shape index (κ1) is 7.82. The summed E-state index contributed by atoms with van der Waals surface area (Å²) in [4.78, 5) is 2.47. The van der Waals surface area contributed by atoms with E-state index in [0.717, 1.165) is 24.5 Å². The average Bonchev–Trinajstić information content (AvgIpc) is 2.59. The number of rotatable bonds is 1. The lowest BCUT2D eigenvalue weighted by atomic mass is 10.00. The summed E-state index contributed by atoms with van der Waals surface area (Å²) in [5.74, 6) is 1.43. The van der Waals surface area contributed by atoms with Gasteiger partial charge in [0.15, 0.2) is 0 Å². The summed E-state index contributed by atoms with van der Waals surface area (Å²) in [5, 5.41) is 8.71. The highest BCUT2D eigenvalue weighted by molar-refractivity contribution is 5.28. The number of hydrogen-bond donors (Lipinski definition) is 0. The van der Waals surface area contributed by atoms with Crippen LogP contribution in [0.3, 0.4) is 0 Å². The molecule has 1 heterocycles. The SMILES string of the molecule is CCN1CC2C=C(C#N)CC2C1. The monoisotopic (exact) mass is 162 g/mol. The van der Waals surface area contributed by atoms with Crippen molar-refractivity contribution < 1.29 is 0 Å². The highest BCUT2D eigenvalue weighted by Crippen LogP contribution is 2.36. The molecule has 1 aliphatic carbocycles. The molecule has 0 radical (unpaired) electrons. The summed E-state index contributed by atoms with van der Waals surface area (Å²) >= 11 is 0. The summed E-state index contributed by atoms with van der Waals surface area (Å²) in [6, 6.07) is 2.27. The van der Waals surface area contributed by atoms with E-state index in [4.69, 9.17) is 5.26 Å². The van der Waals surface area contributed by atoms with Crippen LogP contribution in [0.1, 0.15) is 13.3 Å². The molecule has 64 valence electrons.